The van der Waals surface area contributed by atoms with Crippen molar-refractivity contribution in [3.63, 3.8) is 0 Å². The van der Waals surface area contributed by atoms with Crippen LogP contribution in [-0.2, 0) is 0 Å². The van der Waals surface area contributed by atoms with Crippen LogP contribution < -0.4 is 10.2 Å². The molecular formula is C19H24N6S. The normalized spacial score (nSPS) is 15.6. The number of piperidine rings is 1. The van der Waals surface area contributed by atoms with Crippen LogP contribution in [0.5, 0.6) is 0 Å². The smallest absolute Gasteiger partial charge is 0.138 e. The lowest BCUT2D eigenvalue weighted by atomic mass is 10.0. The van der Waals surface area contributed by atoms with Gasteiger partial charge in [-0.25, -0.2) is 19.9 Å². The highest BCUT2D eigenvalue weighted by Gasteiger charge is 2.22. The zero-order valence-electron chi connectivity index (χ0n) is 15.7. The average Bonchev–Trinajstić information content (AvgIpc) is 2.95. The molecule has 0 spiro atoms. The molecule has 1 saturated heterocycles. The van der Waals surface area contributed by atoms with Crippen LogP contribution in [0.15, 0.2) is 11.4 Å². The molecule has 7 heteroatoms. The Bertz CT molecular complexity index is 922. The second-order valence-electron chi connectivity index (χ2n) is 7.04. The molecule has 26 heavy (non-hydrogen) atoms. The van der Waals surface area contributed by atoms with Crippen LogP contribution in [-0.4, -0.2) is 39.1 Å². The lowest BCUT2D eigenvalue weighted by Crippen LogP contribution is -2.39. The molecule has 0 aromatic carbocycles. The number of aromatic nitrogens is 4. The van der Waals surface area contributed by atoms with Gasteiger partial charge in [0.05, 0.1) is 5.39 Å². The SMILES string of the molecule is Cc1cc(N2CCC(Nc3nc(C)nc4scc(C)c34)CC2)nc(C)n1. The number of rotatable bonds is 3. The zero-order chi connectivity index (χ0) is 18.3. The van der Waals surface area contributed by atoms with Gasteiger partial charge in [-0.15, -0.1) is 11.3 Å². The van der Waals surface area contributed by atoms with Gasteiger partial charge in [-0.1, -0.05) is 0 Å². The Hall–Kier alpha value is -2.28. The summed E-state index contributed by atoms with van der Waals surface area (Å²) in [5.41, 5.74) is 2.27. The first-order valence-corrected chi connectivity index (χ1v) is 9.94. The van der Waals surface area contributed by atoms with Crippen molar-refractivity contribution in [1.82, 2.24) is 19.9 Å². The van der Waals surface area contributed by atoms with E-state index in [1.165, 1.54) is 10.9 Å². The van der Waals surface area contributed by atoms with E-state index in [-0.39, 0.29) is 0 Å². The molecule has 136 valence electrons. The van der Waals surface area contributed by atoms with E-state index in [0.717, 1.165) is 59.7 Å². The lowest BCUT2D eigenvalue weighted by molar-refractivity contribution is 0.522. The largest absolute Gasteiger partial charge is 0.367 e. The van der Waals surface area contributed by atoms with Gasteiger partial charge in [0.15, 0.2) is 0 Å². The molecule has 0 bridgehead atoms. The van der Waals surface area contributed by atoms with Crippen molar-refractivity contribution >= 4 is 33.2 Å². The van der Waals surface area contributed by atoms with Crippen molar-refractivity contribution < 1.29 is 0 Å². The molecule has 1 aliphatic heterocycles. The molecule has 4 heterocycles. The van der Waals surface area contributed by atoms with Crippen molar-refractivity contribution in [1.29, 1.82) is 0 Å². The summed E-state index contributed by atoms with van der Waals surface area (Å²) >= 11 is 1.69. The molecule has 6 nitrogen and oxygen atoms in total. The second-order valence-corrected chi connectivity index (χ2v) is 7.90. The molecule has 1 N–H and O–H groups in total. The molecule has 0 atom stereocenters. The highest BCUT2D eigenvalue weighted by Crippen LogP contribution is 2.31. The van der Waals surface area contributed by atoms with E-state index in [4.69, 9.17) is 0 Å². The first-order valence-electron chi connectivity index (χ1n) is 9.06. The Balaban J connectivity index is 1.48. The number of thiophene rings is 1. The van der Waals surface area contributed by atoms with Crippen molar-refractivity contribution in [3.05, 3.63) is 34.4 Å². The number of aryl methyl sites for hydroxylation is 4. The van der Waals surface area contributed by atoms with E-state index in [0.29, 0.717) is 6.04 Å². The number of hydrogen-bond acceptors (Lipinski definition) is 7. The number of nitrogens with one attached hydrogen (secondary N) is 1. The third-order valence-electron chi connectivity index (χ3n) is 4.84. The van der Waals surface area contributed by atoms with Crippen LogP contribution in [0.3, 0.4) is 0 Å². The Morgan fingerprint density at radius 1 is 1.00 bits per heavy atom. The molecule has 0 aliphatic carbocycles. The van der Waals surface area contributed by atoms with Crippen LogP contribution in [0.25, 0.3) is 10.2 Å². The Morgan fingerprint density at radius 2 is 1.73 bits per heavy atom. The molecular weight excluding hydrogens is 344 g/mol. The van der Waals surface area contributed by atoms with Crippen molar-refractivity contribution in [2.75, 3.05) is 23.3 Å². The maximum absolute atomic E-state index is 4.68. The Morgan fingerprint density at radius 3 is 2.46 bits per heavy atom. The fourth-order valence-corrected chi connectivity index (χ4v) is 4.57. The highest BCUT2D eigenvalue weighted by atomic mass is 32.1. The monoisotopic (exact) mass is 368 g/mol. The van der Waals surface area contributed by atoms with Gasteiger partial charge in [-0.2, -0.15) is 0 Å². The summed E-state index contributed by atoms with van der Waals surface area (Å²) in [5.74, 6) is 3.69. The fourth-order valence-electron chi connectivity index (χ4n) is 3.60. The summed E-state index contributed by atoms with van der Waals surface area (Å²) in [6.07, 6.45) is 2.13. The number of fused-ring (bicyclic) bond motifs is 1. The van der Waals surface area contributed by atoms with E-state index < -0.39 is 0 Å². The molecule has 0 unspecified atom stereocenters. The third-order valence-corrected chi connectivity index (χ3v) is 5.83. The van der Waals surface area contributed by atoms with Gasteiger partial charge < -0.3 is 10.2 Å². The van der Waals surface area contributed by atoms with Gasteiger partial charge in [0.25, 0.3) is 0 Å². The quantitative estimate of drug-likeness (QED) is 0.758. The Labute approximate surface area is 157 Å². The molecule has 1 fully saturated rings. The van der Waals surface area contributed by atoms with Crippen LogP contribution in [0, 0.1) is 27.7 Å². The summed E-state index contributed by atoms with van der Waals surface area (Å²) in [6.45, 7) is 10.1. The minimum Gasteiger partial charge on any atom is -0.367 e. The van der Waals surface area contributed by atoms with E-state index >= 15 is 0 Å². The predicted octanol–water partition coefficient (Wildman–Crippen LogP) is 3.80. The van der Waals surface area contributed by atoms with Gasteiger partial charge in [-0.05, 0) is 51.5 Å². The van der Waals surface area contributed by atoms with Crippen LogP contribution in [0.4, 0.5) is 11.6 Å². The van der Waals surface area contributed by atoms with E-state index in [9.17, 15) is 0 Å². The van der Waals surface area contributed by atoms with Crippen molar-refractivity contribution in [2.45, 2.75) is 46.6 Å². The van der Waals surface area contributed by atoms with Gasteiger partial charge in [0, 0.05) is 30.9 Å². The summed E-state index contributed by atoms with van der Waals surface area (Å²) < 4.78 is 0. The van der Waals surface area contributed by atoms with Gasteiger partial charge in [-0.3, -0.25) is 0 Å². The first kappa shape index (κ1) is 17.1. The molecule has 3 aromatic rings. The van der Waals surface area contributed by atoms with E-state index in [2.05, 4.69) is 48.5 Å². The molecule has 0 radical (unpaired) electrons. The molecule has 3 aromatic heterocycles. The maximum Gasteiger partial charge on any atom is 0.138 e. The molecule has 4 rings (SSSR count). The molecule has 0 saturated carbocycles. The second kappa shape index (κ2) is 6.79. The number of hydrogen-bond donors (Lipinski definition) is 1. The first-order chi connectivity index (χ1) is 12.5. The van der Waals surface area contributed by atoms with Crippen molar-refractivity contribution in [2.24, 2.45) is 0 Å². The minimum atomic E-state index is 0.423. The summed E-state index contributed by atoms with van der Waals surface area (Å²) in [4.78, 5) is 21.6. The zero-order valence-corrected chi connectivity index (χ0v) is 16.5. The van der Waals surface area contributed by atoms with Gasteiger partial charge >= 0.3 is 0 Å². The number of nitrogens with zero attached hydrogens (tertiary/aromatic N) is 5. The maximum atomic E-state index is 4.68. The third kappa shape index (κ3) is 3.35. The lowest BCUT2D eigenvalue weighted by Gasteiger charge is -2.33. The average molecular weight is 369 g/mol. The van der Waals surface area contributed by atoms with Gasteiger partial charge in [0.2, 0.25) is 0 Å². The van der Waals surface area contributed by atoms with Crippen LogP contribution in [0.1, 0.15) is 35.7 Å². The molecule has 1 aliphatic rings. The molecule has 0 amide bonds. The summed E-state index contributed by atoms with van der Waals surface area (Å²) in [7, 11) is 0. The fraction of sp³-hybridized carbons (Fsp3) is 0.474. The van der Waals surface area contributed by atoms with Gasteiger partial charge in [0.1, 0.15) is 28.1 Å². The van der Waals surface area contributed by atoms with Crippen LogP contribution >= 0.6 is 11.3 Å². The Kier molecular flexibility index (Phi) is 4.48. The summed E-state index contributed by atoms with van der Waals surface area (Å²) in [6, 6.07) is 2.50. The van der Waals surface area contributed by atoms with E-state index in [1.54, 1.807) is 11.3 Å². The highest BCUT2D eigenvalue weighted by molar-refractivity contribution is 7.17. The van der Waals surface area contributed by atoms with Crippen molar-refractivity contribution in [3.8, 4) is 0 Å². The predicted molar refractivity (Wildman–Crippen MR) is 107 cm³/mol. The minimum absolute atomic E-state index is 0.423. The standard InChI is InChI=1S/C19H24N6S/c1-11-10-26-19-17(11)18(22-14(4)23-19)24-15-5-7-25(8-6-15)16-9-12(2)20-13(3)21-16/h9-10,15H,5-8H2,1-4H3,(H,22,23,24). The number of anilines is 2. The van der Waals surface area contributed by atoms with E-state index in [1.807, 2.05) is 20.8 Å². The van der Waals surface area contributed by atoms with Crippen LogP contribution in [0.2, 0.25) is 0 Å². The topological polar surface area (TPSA) is 66.8 Å². The summed E-state index contributed by atoms with van der Waals surface area (Å²) in [5, 5.41) is 7.01.